The molecule has 0 bridgehead atoms. The van der Waals surface area contributed by atoms with Gasteiger partial charge in [0.1, 0.15) is 0 Å². The van der Waals surface area contributed by atoms with Crippen LogP contribution in [0.1, 0.15) is 24.1 Å². The SMILES string of the molecule is COC1(c2ccc3[nH]c(C)cc(=O)c3c2)CCOCC1. The lowest BCUT2D eigenvalue weighted by atomic mass is 9.85. The summed E-state index contributed by atoms with van der Waals surface area (Å²) in [6.45, 7) is 3.27. The number of ether oxygens (including phenoxy) is 2. The Hall–Kier alpha value is -1.65. The number of hydrogen-bond donors (Lipinski definition) is 1. The molecule has 0 amide bonds. The lowest BCUT2D eigenvalue weighted by Gasteiger charge is -2.36. The fourth-order valence-corrected chi connectivity index (χ4v) is 2.98. The van der Waals surface area contributed by atoms with E-state index >= 15 is 0 Å². The molecule has 106 valence electrons. The molecule has 1 N–H and O–H groups in total. The highest BCUT2D eigenvalue weighted by atomic mass is 16.5. The summed E-state index contributed by atoms with van der Waals surface area (Å²) in [6.07, 6.45) is 1.64. The van der Waals surface area contributed by atoms with Crippen molar-refractivity contribution < 1.29 is 9.47 Å². The molecule has 4 heteroatoms. The molecule has 20 heavy (non-hydrogen) atoms. The van der Waals surface area contributed by atoms with Crippen molar-refractivity contribution in [3.63, 3.8) is 0 Å². The largest absolute Gasteiger partial charge is 0.381 e. The Kier molecular flexibility index (Phi) is 3.36. The first-order valence-corrected chi connectivity index (χ1v) is 6.92. The van der Waals surface area contributed by atoms with Crippen molar-refractivity contribution in [3.05, 3.63) is 45.7 Å². The van der Waals surface area contributed by atoms with Gasteiger partial charge in [0.25, 0.3) is 0 Å². The summed E-state index contributed by atoms with van der Waals surface area (Å²) in [5, 5.41) is 0.719. The summed E-state index contributed by atoms with van der Waals surface area (Å²) in [5.41, 5.74) is 2.53. The van der Waals surface area contributed by atoms with Crippen LogP contribution in [-0.4, -0.2) is 25.3 Å². The highest BCUT2D eigenvalue weighted by molar-refractivity contribution is 5.79. The van der Waals surface area contributed by atoms with Crippen LogP contribution in [0.25, 0.3) is 10.9 Å². The second-order valence-electron chi connectivity index (χ2n) is 5.39. The Balaban J connectivity index is 2.15. The van der Waals surface area contributed by atoms with E-state index in [0.29, 0.717) is 13.2 Å². The average Bonchev–Trinajstić information content (AvgIpc) is 2.47. The van der Waals surface area contributed by atoms with E-state index < -0.39 is 0 Å². The van der Waals surface area contributed by atoms with Gasteiger partial charge in [0.05, 0.1) is 5.60 Å². The molecule has 1 aromatic heterocycles. The molecular weight excluding hydrogens is 254 g/mol. The summed E-state index contributed by atoms with van der Waals surface area (Å²) in [7, 11) is 1.73. The number of nitrogens with one attached hydrogen (secondary N) is 1. The molecule has 2 aromatic rings. The van der Waals surface area contributed by atoms with Gasteiger partial charge < -0.3 is 14.5 Å². The average molecular weight is 273 g/mol. The molecule has 1 aromatic carbocycles. The van der Waals surface area contributed by atoms with Gasteiger partial charge in [-0.25, -0.2) is 0 Å². The summed E-state index contributed by atoms with van der Waals surface area (Å²) in [5.74, 6) is 0. The van der Waals surface area contributed by atoms with Crippen LogP contribution in [0, 0.1) is 6.92 Å². The second kappa shape index (κ2) is 5.04. The number of pyridine rings is 1. The monoisotopic (exact) mass is 273 g/mol. The maximum absolute atomic E-state index is 12.1. The predicted octanol–water partition coefficient (Wildman–Crippen LogP) is 2.49. The van der Waals surface area contributed by atoms with E-state index in [1.807, 2.05) is 25.1 Å². The molecule has 1 aliphatic rings. The van der Waals surface area contributed by atoms with Crippen LogP contribution in [0.2, 0.25) is 0 Å². The molecule has 0 unspecified atom stereocenters. The number of aromatic amines is 1. The Bertz CT molecular complexity index is 684. The highest BCUT2D eigenvalue weighted by Crippen LogP contribution is 2.36. The third kappa shape index (κ3) is 2.15. The van der Waals surface area contributed by atoms with Crippen molar-refractivity contribution in [1.82, 2.24) is 4.98 Å². The molecule has 0 atom stereocenters. The minimum Gasteiger partial charge on any atom is -0.381 e. The van der Waals surface area contributed by atoms with Crippen molar-refractivity contribution >= 4 is 10.9 Å². The summed E-state index contributed by atoms with van der Waals surface area (Å²) >= 11 is 0. The van der Waals surface area contributed by atoms with Gasteiger partial charge in [-0.05, 0) is 24.6 Å². The normalized spacial score (nSPS) is 18.3. The minimum atomic E-state index is -0.330. The molecule has 1 fully saturated rings. The van der Waals surface area contributed by atoms with Crippen molar-refractivity contribution in [3.8, 4) is 0 Å². The number of H-pyrrole nitrogens is 1. The van der Waals surface area contributed by atoms with Crippen molar-refractivity contribution in [2.24, 2.45) is 0 Å². The number of methoxy groups -OCH3 is 1. The zero-order valence-corrected chi connectivity index (χ0v) is 11.9. The van der Waals surface area contributed by atoms with Crippen LogP contribution in [-0.2, 0) is 15.1 Å². The van der Waals surface area contributed by atoms with Crippen molar-refractivity contribution in [2.75, 3.05) is 20.3 Å². The topological polar surface area (TPSA) is 51.3 Å². The maximum atomic E-state index is 12.1. The highest BCUT2D eigenvalue weighted by Gasteiger charge is 2.34. The number of aromatic nitrogens is 1. The van der Waals surface area contributed by atoms with Crippen LogP contribution in [0.3, 0.4) is 0 Å². The molecular formula is C16H19NO3. The molecule has 0 radical (unpaired) electrons. The fraction of sp³-hybridized carbons (Fsp3) is 0.438. The zero-order chi connectivity index (χ0) is 14.2. The second-order valence-corrected chi connectivity index (χ2v) is 5.39. The van der Waals surface area contributed by atoms with Gasteiger partial charge in [0.2, 0.25) is 0 Å². The lowest BCUT2D eigenvalue weighted by Crippen LogP contribution is -2.35. The third-order valence-corrected chi connectivity index (χ3v) is 4.18. The van der Waals surface area contributed by atoms with Crippen LogP contribution in [0.15, 0.2) is 29.1 Å². The van der Waals surface area contributed by atoms with Crippen LogP contribution < -0.4 is 5.43 Å². The van der Waals surface area contributed by atoms with Gasteiger partial charge in [-0.3, -0.25) is 4.79 Å². The smallest absolute Gasteiger partial charge is 0.189 e. The standard InChI is InChI=1S/C16H19NO3/c1-11-9-15(18)13-10-12(3-4-14(13)17-11)16(19-2)5-7-20-8-6-16/h3-4,9-10H,5-8H2,1-2H3,(H,17,18). The first-order chi connectivity index (χ1) is 9.64. The summed E-state index contributed by atoms with van der Waals surface area (Å²) < 4.78 is 11.2. The van der Waals surface area contributed by atoms with Gasteiger partial charge in [0, 0.05) is 55.8 Å². The lowest BCUT2D eigenvalue weighted by molar-refractivity contribution is -0.0947. The third-order valence-electron chi connectivity index (χ3n) is 4.18. The van der Waals surface area contributed by atoms with E-state index in [1.54, 1.807) is 13.2 Å². The summed E-state index contributed by atoms with van der Waals surface area (Å²) in [6, 6.07) is 7.61. The molecule has 0 spiro atoms. The maximum Gasteiger partial charge on any atom is 0.189 e. The number of rotatable bonds is 2. The van der Waals surface area contributed by atoms with Gasteiger partial charge in [-0.1, -0.05) is 6.07 Å². The molecule has 3 rings (SSSR count). The Labute approximate surface area is 117 Å². The van der Waals surface area contributed by atoms with Gasteiger partial charge in [-0.2, -0.15) is 0 Å². The van der Waals surface area contributed by atoms with Crippen molar-refractivity contribution in [1.29, 1.82) is 0 Å². The van der Waals surface area contributed by atoms with E-state index in [1.165, 1.54) is 0 Å². The number of aryl methyl sites for hydroxylation is 1. The molecule has 1 aliphatic heterocycles. The number of benzene rings is 1. The molecule has 1 saturated heterocycles. The first-order valence-electron chi connectivity index (χ1n) is 6.92. The Morgan fingerprint density at radius 2 is 2.00 bits per heavy atom. The van der Waals surface area contributed by atoms with Crippen LogP contribution in [0.5, 0.6) is 0 Å². The van der Waals surface area contributed by atoms with E-state index in [-0.39, 0.29) is 11.0 Å². The molecule has 2 heterocycles. The predicted molar refractivity (Wildman–Crippen MR) is 78.0 cm³/mol. The van der Waals surface area contributed by atoms with Crippen molar-refractivity contribution in [2.45, 2.75) is 25.4 Å². The zero-order valence-electron chi connectivity index (χ0n) is 11.9. The van der Waals surface area contributed by atoms with Crippen LogP contribution >= 0.6 is 0 Å². The molecule has 0 saturated carbocycles. The molecule has 0 aliphatic carbocycles. The number of hydrogen-bond acceptors (Lipinski definition) is 3. The minimum absolute atomic E-state index is 0.0522. The quantitative estimate of drug-likeness (QED) is 0.914. The Morgan fingerprint density at radius 3 is 2.70 bits per heavy atom. The van der Waals surface area contributed by atoms with Gasteiger partial charge in [0.15, 0.2) is 5.43 Å². The van der Waals surface area contributed by atoms with Gasteiger partial charge in [-0.15, -0.1) is 0 Å². The van der Waals surface area contributed by atoms with Crippen LogP contribution in [0.4, 0.5) is 0 Å². The first kappa shape index (κ1) is 13.3. The van der Waals surface area contributed by atoms with Gasteiger partial charge >= 0.3 is 0 Å². The fourth-order valence-electron chi connectivity index (χ4n) is 2.98. The number of fused-ring (bicyclic) bond motifs is 1. The van der Waals surface area contributed by atoms with E-state index in [4.69, 9.17) is 9.47 Å². The van der Waals surface area contributed by atoms with E-state index in [0.717, 1.165) is 35.0 Å². The summed E-state index contributed by atoms with van der Waals surface area (Å²) in [4.78, 5) is 15.4. The molecule has 4 nitrogen and oxygen atoms in total. The Morgan fingerprint density at radius 1 is 1.25 bits per heavy atom. The van der Waals surface area contributed by atoms with E-state index in [2.05, 4.69) is 4.98 Å². The van der Waals surface area contributed by atoms with E-state index in [9.17, 15) is 4.79 Å².